The molecule has 0 saturated heterocycles. The summed E-state index contributed by atoms with van der Waals surface area (Å²) >= 11 is 0. The van der Waals surface area contributed by atoms with Gasteiger partial charge in [-0.25, -0.2) is 0 Å². The van der Waals surface area contributed by atoms with Crippen molar-refractivity contribution in [3.05, 3.63) is 0 Å². The molecule has 0 heterocycles. The Morgan fingerprint density at radius 1 is 1.17 bits per heavy atom. The van der Waals surface area contributed by atoms with Crippen LogP contribution in [0.2, 0.25) is 0 Å². The lowest BCUT2D eigenvalue weighted by atomic mass is 10.2. The number of carboxylic acid groups (broad SMARTS) is 1. The van der Waals surface area contributed by atoms with Crippen molar-refractivity contribution in [2.45, 2.75) is 39.5 Å². The molecule has 0 bridgehead atoms. The second-order valence-corrected chi connectivity index (χ2v) is 3.87. The average molecular weight is 259 g/mol. The molecule has 18 heavy (non-hydrogen) atoms. The maximum absolute atomic E-state index is 11.8. The van der Waals surface area contributed by atoms with Crippen LogP contribution in [-0.2, 0) is 19.1 Å². The highest BCUT2D eigenvalue weighted by molar-refractivity contribution is 5.82. The number of aliphatic carboxylic acids is 1. The van der Waals surface area contributed by atoms with Crippen LogP contribution in [0.3, 0.4) is 0 Å². The number of ether oxygens (including phenoxy) is 1. The minimum absolute atomic E-state index is 0.0366. The van der Waals surface area contributed by atoms with Crippen molar-refractivity contribution in [1.29, 1.82) is 0 Å². The Labute approximate surface area is 107 Å². The molecule has 0 atom stereocenters. The molecule has 0 aliphatic carbocycles. The van der Waals surface area contributed by atoms with Gasteiger partial charge in [0.2, 0.25) is 5.91 Å². The van der Waals surface area contributed by atoms with Gasteiger partial charge in [-0.2, -0.15) is 0 Å². The van der Waals surface area contributed by atoms with Crippen molar-refractivity contribution in [3.8, 4) is 0 Å². The van der Waals surface area contributed by atoms with E-state index in [2.05, 4.69) is 0 Å². The van der Waals surface area contributed by atoms with Gasteiger partial charge in [-0.05, 0) is 19.8 Å². The molecule has 0 saturated carbocycles. The number of amides is 1. The predicted molar refractivity (Wildman–Crippen MR) is 65.0 cm³/mol. The summed E-state index contributed by atoms with van der Waals surface area (Å²) in [7, 11) is 0. The third-order valence-electron chi connectivity index (χ3n) is 2.25. The van der Waals surface area contributed by atoms with Gasteiger partial charge in [0.05, 0.1) is 6.61 Å². The smallest absolute Gasteiger partial charge is 0.325 e. The zero-order chi connectivity index (χ0) is 14.0. The van der Waals surface area contributed by atoms with Crippen LogP contribution in [0.25, 0.3) is 0 Å². The first kappa shape index (κ1) is 16.4. The van der Waals surface area contributed by atoms with Gasteiger partial charge in [0.15, 0.2) is 0 Å². The number of rotatable bonds is 9. The van der Waals surface area contributed by atoms with Crippen LogP contribution in [0.15, 0.2) is 0 Å². The van der Waals surface area contributed by atoms with Gasteiger partial charge in [-0.15, -0.1) is 0 Å². The summed E-state index contributed by atoms with van der Waals surface area (Å²) in [6.07, 6.45) is 1.14. The fourth-order valence-electron chi connectivity index (χ4n) is 1.47. The van der Waals surface area contributed by atoms with Gasteiger partial charge in [0.25, 0.3) is 0 Å². The number of hydrogen-bond donors (Lipinski definition) is 1. The number of carbonyl (C=O) groups is 3. The molecule has 0 aromatic rings. The highest BCUT2D eigenvalue weighted by Crippen LogP contribution is 2.03. The topological polar surface area (TPSA) is 83.9 Å². The maximum Gasteiger partial charge on any atom is 0.325 e. The number of nitrogens with zero attached hydrogens (tertiary/aromatic N) is 1. The third kappa shape index (κ3) is 7.65. The van der Waals surface area contributed by atoms with Crippen LogP contribution >= 0.6 is 0 Å². The summed E-state index contributed by atoms with van der Waals surface area (Å²) in [6.45, 7) is 4.31. The Kier molecular flexibility index (Phi) is 8.61. The summed E-state index contributed by atoms with van der Waals surface area (Å²) < 4.78 is 4.78. The highest BCUT2D eigenvalue weighted by Gasteiger charge is 2.16. The number of hydrogen-bond acceptors (Lipinski definition) is 4. The molecule has 0 rings (SSSR count). The first-order valence-electron chi connectivity index (χ1n) is 6.16. The summed E-state index contributed by atoms with van der Waals surface area (Å²) in [5.41, 5.74) is 0. The molecule has 0 fully saturated rings. The average Bonchev–Trinajstić information content (AvgIpc) is 2.28. The number of esters is 1. The summed E-state index contributed by atoms with van der Waals surface area (Å²) in [5.74, 6) is -1.56. The van der Waals surface area contributed by atoms with E-state index in [9.17, 15) is 14.4 Å². The van der Waals surface area contributed by atoms with Crippen molar-refractivity contribution in [1.82, 2.24) is 4.90 Å². The van der Waals surface area contributed by atoms with Crippen LogP contribution in [0.1, 0.15) is 39.5 Å². The van der Waals surface area contributed by atoms with Gasteiger partial charge in [-0.1, -0.05) is 6.92 Å². The van der Waals surface area contributed by atoms with E-state index in [0.29, 0.717) is 6.54 Å². The molecule has 0 aromatic carbocycles. The molecule has 0 spiro atoms. The van der Waals surface area contributed by atoms with Crippen molar-refractivity contribution in [2.24, 2.45) is 0 Å². The fourth-order valence-corrected chi connectivity index (χ4v) is 1.47. The lowest BCUT2D eigenvalue weighted by Gasteiger charge is -2.20. The lowest BCUT2D eigenvalue weighted by molar-refractivity contribution is -0.149. The van der Waals surface area contributed by atoms with E-state index in [1.807, 2.05) is 6.92 Å². The van der Waals surface area contributed by atoms with Crippen molar-refractivity contribution in [2.75, 3.05) is 19.7 Å². The Bertz CT molecular complexity index is 290. The van der Waals surface area contributed by atoms with Crippen LogP contribution in [0, 0.1) is 0 Å². The molecule has 1 N–H and O–H groups in total. The minimum atomic E-state index is -0.921. The van der Waals surface area contributed by atoms with Crippen LogP contribution in [0.4, 0.5) is 0 Å². The van der Waals surface area contributed by atoms with Gasteiger partial charge < -0.3 is 14.7 Å². The molecular formula is C12H21NO5. The molecule has 0 aliphatic rings. The Balaban J connectivity index is 4.17. The molecule has 0 aromatic heterocycles. The Morgan fingerprint density at radius 3 is 2.33 bits per heavy atom. The molecule has 0 unspecified atom stereocenters. The number of carboxylic acids is 1. The molecule has 6 nitrogen and oxygen atoms in total. The second-order valence-electron chi connectivity index (χ2n) is 3.87. The summed E-state index contributed by atoms with van der Waals surface area (Å²) in [4.78, 5) is 34.8. The number of carbonyl (C=O) groups excluding carboxylic acids is 2. The lowest BCUT2D eigenvalue weighted by Crippen LogP contribution is -2.37. The van der Waals surface area contributed by atoms with Crippen LogP contribution < -0.4 is 0 Å². The minimum Gasteiger partial charge on any atom is -0.481 e. The van der Waals surface area contributed by atoms with E-state index in [1.54, 1.807) is 6.92 Å². The standard InChI is InChI=1S/C12H21NO5/c1-3-8-13(9-12(17)18-4-2)10(14)6-5-7-11(15)16/h3-9H2,1-2H3,(H,15,16). The molecule has 104 valence electrons. The van der Waals surface area contributed by atoms with E-state index >= 15 is 0 Å². The molecule has 6 heteroatoms. The van der Waals surface area contributed by atoms with E-state index in [-0.39, 0.29) is 38.3 Å². The maximum atomic E-state index is 11.8. The molecule has 0 aliphatic heterocycles. The zero-order valence-electron chi connectivity index (χ0n) is 11.0. The third-order valence-corrected chi connectivity index (χ3v) is 2.25. The molecular weight excluding hydrogens is 238 g/mol. The van der Waals surface area contributed by atoms with E-state index in [1.165, 1.54) is 4.90 Å². The largest absolute Gasteiger partial charge is 0.481 e. The quantitative estimate of drug-likeness (QED) is 0.625. The Hall–Kier alpha value is -1.59. The summed E-state index contributed by atoms with van der Waals surface area (Å²) in [6, 6.07) is 0. The fraction of sp³-hybridized carbons (Fsp3) is 0.750. The summed E-state index contributed by atoms with van der Waals surface area (Å²) in [5, 5.41) is 8.48. The van der Waals surface area contributed by atoms with Crippen LogP contribution in [0.5, 0.6) is 0 Å². The predicted octanol–water partition coefficient (Wildman–Crippen LogP) is 1.04. The molecule has 0 radical (unpaired) electrons. The second kappa shape index (κ2) is 9.44. The van der Waals surface area contributed by atoms with Crippen molar-refractivity contribution < 1.29 is 24.2 Å². The van der Waals surface area contributed by atoms with Gasteiger partial charge in [0, 0.05) is 19.4 Å². The van der Waals surface area contributed by atoms with Gasteiger partial charge in [-0.3, -0.25) is 14.4 Å². The zero-order valence-corrected chi connectivity index (χ0v) is 11.0. The SMILES string of the molecule is CCCN(CC(=O)OCC)C(=O)CCCC(=O)O. The van der Waals surface area contributed by atoms with Gasteiger partial charge >= 0.3 is 11.9 Å². The first-order valence-corrected chi connectivity index (χ1v) is 6.16. The van der Waals surface area contributed by atoms with Crippen molar-refractivity contribution in [3.63, 3.8) is 0 Å². The highest BCUT2D eigenvalue weighted by atomic mass is 16.5. The van der Waals surface area contributed by atoms with Crippen LogP contribution in [-0.4, -0.2) is 47.5 Å². The van der Waals surface area contributed by atoms with E-state index in [0.717, 1.165) is 6.42 Å². The van der Waals surface area contributed by atoms with E-state index < -0.39 is 11.9 Å². The first-order chi connectivity index (χ1) is 8.51. The van der Waals surface area contributed by atoms with Crippen molar-refractivity contribution >= 4 is 17.8 Å². The Morgan fingerprint density at radius 2 is 1.83 bits per heavy atom. The normalized spacial score (nSPS) is 9.89. The van der Waals surface area contributed by atoms with Gasteiger partial charge in [0.1, 0.15) is 6.54 Å². The monoisotopic (exact) mass is 259 g/mol. The molecule has 1 amide bonds. The van der Waals surface area contributed by atoms with E-state index in [4.69, 9.17) is 9.84 Å².